The molecular formula is C15H14N2O. The molecule has 4 rings (SSSR count). The van der Waals surface area contributed by atoms with Crippen molar-refractivity contribution in [2.45, 2.75) is 12.5 Å². The third-order valence-corrected chi connectivity index (χ3v) is 3.66. The second kappa shape index (κ2) is 3.73. The summed E-state index contributed by atoms with van der Waals surface area (Å²) in [5.74, 6) is 2.02. The molecule has 18 heavy (non-hydrogen) atoms. The largest absolute Gasteiger partial charge is 0.482 e. The van der Waals surface area contributed by atoms with Crippen LogP contribution >= 0.6 is 0 Å². The van der Waals surface area contributed by atoms with Gasteiger partial charge in [-0.1, -0.05) is 30.3 Å². The summed E-state index contributed by atoms with van der Waals surface area (Å²) in [5.41, 5.74) is 1.31. The van der Waals surface area contributed by atoms with Crippen LogP contribution in [0.3, 0.4) is 0 Å². The summed E-state index contributed by atoms with van der Waals surface area (Å²) in [6.07, 6.45) is 0.996. The van der Waals surface area contributed by atoms with Crippen LogP contribution < -0.4 is 10.1 Å². The molecule has 1 atom stereocenters. The average molecular weight is 238 g/mol. The monoisotopic (exact) mass is 238 g/mol. The van der Waals surface area contributed by atoms with E-state index in [-0.39, 0.29) is 6.10 Å². The summed E-state index contributed by atoms with van der Waals surface area (Å²) in [5, 5.41) is 5.89. The predicted octanol–water partition coefficient (Wildman–Crippen LogP) is 2.14. The highest BCUT2D eigenvalue weighted by Crippen LogP contribution is 2.35. The molecule has 0 saturated carbocycles. The first-order valence-corrected chi connectivity index (χ1v) is 6.37. The number of benzene rings is 2. The van der Waals surface area contributed by atoms with Gasteiger partial charge in [-0.25, -0.2) is 0 Å². The highest BCUT2D eigenvalue weighted by molar-refractivity contribution is 5.93. The zero-order valence-electron chi connectivity index (χ0n) is 10.0. The number of rotatable bonds is 1. The number of nitrogens with one attached hydrogen (secondary N) is 1. The highest BCUT2D eigenvalue weighted by Gasteiger charge is 2.29. The highest BCUT2D eigenvalue weighted by atomic mass is 16.5. The summed E-state index contributed by atoms with van der Waals surface area (Å²) in [4.78, 5) is 4.46. The first kappa shape index (κ1) is 9.95. The van der Waals surface area contributed by atoms with Gasteiger partial charge in [0, 0.05) is 18.5 Å². The molecule has 0 aromatic heterocycles. The number of hydrogen-bond acceptors (Lipinski definition) is 3. The maximum Gasteiger partial charge on any atom is 0.159 e. The lowest BCUT2D eigenvalue weighted by Crippen LogP contribution is -2.34. The van der Waals surface area contributed by atoms with Gasteiger partial charge in [0.2, 0.25) is 0 Å². The van der Waals surface area contributed by atoms with Crippen molar-refractivity contribution < 1.29 is 4.74 Å². The van der Waals surface area contributed by atoms with Gasteiger partial charge in [0.1, 0.15) is 11.6 Å². The van der Waals surface area contributed by atoms with E-state index < -0.39 is 0 Å². The Kier molecular flexibility index (Phi) is 2.06. The number of nitrogens with zero attached hydrogens (tertiary/aromatic N) is 1. The van der Waals surface area contributed by atoms with Gasteiger partial charge in [-0.3, -0.25) is 4.99 Å². The fraction of sp³-hybridized carbons (Fsp3) is 0.267. The first-order chi connectivity index (χ1) is 8.92. The lowest BCUT2D eigenvalue weighted by atomic mass is 10.0. The van der Waals surface area contributed by atoms with Gasteiger partial charge < -0.3 is 10.1 Å². The normalized spacial score (nSPS) is 21.3. The fourth-order valence-corrected chi connectivity index (χ4v) is 2.80. The second-order valence-electron chi connectivity index (χ2n) is 4.77. The quantitative estimate of drug-likeness (QED) is 0.826. The molecule has 0 fully saturated rings. The summed E-state index contributed by atoms with van der Waals surface area (Å²) in [7, 11) is 0. The Balaban J connectivity index is 1.78. The molecule has 1 N–H and O–H groups in total. The smallest absolute Gasteiger partial charge is 0.159 e. The van der Waals surface area contributed by atoms with Crippen LogP contribution in [-0.4, -0.2) is 25.0 Å². The van der Waals surface area contributed by atoms with Gasteiger partial charge in [0.05, 0.1) is 6.54 Å². The molecule has 2 aromatic carbocycles. The molecule has 2 aromatic rings. The van der Waals surface area contributed by atoms with Gasteiger partial charge >= 0.3 is 0 Å². The van der Waals surface area contributed by atoms with Crippen molar-refractivity contribution in [1.82, 2.24) is 5.32 Å². The lowest BCUT2D eigenvalue weighted by molar-refractivity contribution is 0.298. The molecule has 3 heteroatoms. The maximum absolute atomic E-state index is 6.01. The van der Waals surface area contributed by atoms with Crippen molar-refractivity contribution in [2.24, 2.45) is 4.99 Å². The van der Waals surface area contributed by atoms with E-state index in [0.717, 1.165) is 31.1 Å². The van der Waals surface area contributed by atoms with Crippen molar-refractivity contribution in [3.63, 3.8) is 0 Å². The summed E-state index contributed by atoms with van der Waals surface area (Å²) in [6, 6.07) is 12.7. The molecule has 0 spiro atoms. The van der Waals surface area contributed by atoms with Gasteiger partial charge in [0.25, 0.3) is 0 Å². The van der Waals surface area contributed by atoms with Crippen LogP contribution in [0.2, 0.25) is 0 Å². The van der Waals surface area contributed by atoms with E-state index in [2.05, 4.69) is 46.7 Å². The molecule has 0 aliphatic carbocycles. The minimum absolute atomic E-state index is 0.0771. The molecule has 0 bridgehead atoms. The first-order valence-electron chi connectivity index (χ1n) is 6.37. The van der Waals surface area contributed by atoms with Crippen LogP contribution in [0, 0.1) is 0 Å². The Morgan fingerprint density at radius 3 is 3.00 bits per heavy atom. The molecular weight excluding hydrogens is 224 g/mol. The Labute approximate surface area is 105 Å². The van der Waals surface area contributed by atoms with Crippen molar-refractivity contribution >= 4 is 16.6 Å². The Morgan fingerprint density at radius 2 is 2.11 bits per heavy atom. The van der Waals surface area contributed by atoms with Crippen molar-refractivity contribution in [1.29, 1.82) is 0 Å². The second-order valence-corrected chi connectivity index (χ2v) is 4.77. The number of amidine groups is 1. The van der Waals surface area contributed by atoms with Crippen LogP contribution in [-0.2, 0) is 6.42 Å². The summed E-state index contributed by atoms with van der Waals surface area (Å²) >= 11 is 0. The molecule has 0 radical (unpaired) electrons. The van der Waals surface area contributed by atoms with Gasteiger partial charge in [-0.15, -0.1) is 0 Å². The SMILES string of the molecule is c1ccc2c3c(ccc2c1)O[C@H](C1=NCCN1)C3. The number of fused-ring (bicyclic) bond motifs is 3. The minimum atomic E-state index is 0.0771. The van der Waals surface area contributed by atoms with E-state index in [4.69, 9.17) is 4.74 Å². The Hall–Kier alpha value is -2.03. The van der Waals surface area contributed by atoms with E-state index in [1.54, 1.807) is 0 Å². The van der Waals surface area contributed by atoms with E-state index in [1.807, 2.05) is 0 Å². The van der Waals surface area contributed by atoms with Crippen LogP contribution in [0.1, 0.15) is 5.56 Å². The topological polar surface area (TPSA) is 33.6 Å². The third kappa shape index (κ3) is 1.40. The Bertz CT molecular complexity index is 648. The van der Waals surface area contributed by atoms with Gasteiger partial charge in [-0.05, 0) is 16.8 Å². The number of hydrogen-bond donors (Lipinski definition) is 1. The molecule has 2 aliphatic heterocycles. The molecule has 0 unspecified atom stereocenters. The van der Waals surface area contributed by atoms with Crippen LogP contribution in [0.4, 0.5) is 0 Å². The van der Waals surface area contributed by atoms with Crippen LogP contribution in [0.5, 0.6) is 5.75 Å². The molecule has 0 amide bonds. The number of ether oxygens (including phenoxy) is 1. The van der Waals surface area contributed by atoms with Crippen molar-refractivity contribution in [3.8, 4) is 5.75 Å². The molecule has 3 nitrogen and oxygen atoms in total. The minimum Gasteiger partial charge on any atom is -0.482 e. The van der Waals surface area contributed by atoms with E-state index in [9.17, 15) is 0 Å². The van der Waals surface area contributed by atoms with E-state index in [0.29, 0.717) is 0 Å². The van der Waals surface area contributed by atoms with Crippen molar-refractivity contribution in [2.75, 3.05) is 13.1 Å². The number of aliphatic imine (C=N–C) groups is 1. The average Bonchev–Trinajstić information content (AvgIpc) is 3.07. The molecule has 2 aliphatic rings. The van der Waals surface area contributed by atoms with Gasteiger partial charge in [0.15, 0.2) is 6.10 Å². The zero-order valence-corrected chi connectivity index (χ0v) is 10.0. The fourth-order valence-electron chi connectivity index (χ4n) is 2.80. The predicted molar refractivity (Wildman–Crippen MR) is 72.4 cm³/mol. The molecule has 2 heterocycles. The lowest BCUT2D eigenvalue weighted by Gasteiger charge is -2.10. The van der Waals surface area contributed by atoms with E-state index in [1.165, 1.54) is 16.3 Å². The molecule has 90 valence electrons. The summed E-state index contributed by atoms with van der Waals surface area (Å²) in [6.45, 7) is 1.80. The molecule has 0 saturated heterocycles. The van der Waals surface area contributed by atoms with Crippen LogP contribution in [0.15, 0.2) is 41.4 Å². The standard InChI is InChI=1S/C15H14N2O/c1-2-4-11-10(3-1)5-6-13-12(11)9-14(18-13)15-16-7-8-17-15/h1-6,14H,7-9H2,(H,16,17)/t14-/m0/s1. The van der Waals surface area contributed by atoms with Crippen molar-refractivity contribution in [3.05, 3.63) is 42.0 Å². The van der Waals surface area contributed by atoms with E-state index >= 15 is 0 Å². The Morgan fingerprint density at radius 1 is 1.17 bits per heavy atom. The van der Waals surface area contributed by atoms with Gasteiger partial charge in [-0.2, -0.15) is 0 Å². The third-order valence-electron chi connectivity index (χ3n) is 3.66. The summed E-state index contributed by atoms with van der Waals surface area (Å²) < 4.78 is 6.01. The maximum atomic E-state index is 6.01. The zero-order chi connectivity index (χ0) is 11.9. The van der Waals surface area contributed by atoms with Crippen LogP contribution in [0.25, 0.3) is 10.8 Å².